The van der Waals surface area contributed by atoms with Crippen molar-refractivity contribution in [3.8, 4) is 0 Å². The van der Waals surface area contributed by atoms with Crippen molar-refractivity contribution >= 4 is 15.9 Å². The summed E-state index contributed by atoms with van der Waals surface area (Å²) in [5.41, 5.74) is 0.552. The molecule has 2 rings (SSSR count). The molecule has 0 aliphatic carbocycles. The van der Waals surface area contributed by atoms with Gasteiger partial charge in [0.1, 0.15) is 5.69 Å². The number of aromatic nitrogens is 1. The standard InChI is InChI=1S/C12H10F3N3O3S/c13-12(14,15)8-4-1-2-6-10(8)22(20,21)18-17-11(19)9-5-3-7-16-9/h1-7,16,18H,(H,17,19). The van der Waals surface area contributed by atoms with Crippen molar-refractivity contribution in [2.24, 2.45) is 0 Å². The minimum absolute atomic E-state index is 0.0480. The average molecular weight is 333 g/mol. The molecule has 22 heavy (non-hydrogen) atoms. The molecule has 0 spiro atoms. The summed E-state index contributed by atoms with van der Waals surface area (Å²) >= 11 is 0. The number of rotatable bonds is 4. The molecule has 0 saturated carbocycles. The highest BCUT2D eigenvalue weighted by molar-refractivity contribution is 7.89. The Morgan fingerprint density at radius 2 is 1.77 bits per heavy atom. The zero-order valence-corrected chi connectivity index (χ0v) is 11.6. The summed E-state index contributed by atoms with van der Waals surface area (Å²) in [6.07, 6.45) is -3.41. The molecule has 10 heteroatoms. The first-order valence-corrected chi connectivity index (χ1v) is 7.32. The highest BCUT2D eigenvalue weighted by atomic mass is 32.2. The molecule has 3 N–H and O–H groups in total. The SMILES string of the molecule is O=C(NNS(=O)(=O)c1ccccc1C(F)(F)F)c1ccc[nH]1. The van der Waals surface area contributed by atoms with Crippen LogP contribution in [-0.2, 0) is 16.2 Å². The minimum Gasteiger partial charge on any atom is -0.357 e. The van der Waals surface area contributed by atoms with E-state index in [0.29, 0.717) is 6.07 Å². The van der Waals surface area contributed by atoms with Crippen LogP contribution < -0.4 is 10.3 Å². The van der Waals surface area contributed by atoms with Gasteiger partial charge in [-0.25, -0.2) is 8.42 Å². The van der Waals surface area contributed by atoms with Gasteiger partial charge in [0.25, 0.3) is 15.9 Å². The lowest BCUT2D eigenvalue weighted by atomic mass is 10.2. The Balaban J connectivity index is 2.23. The Morgan fingerprint density at radius 1 is 1.09 bits per heavy atom. The maximum absolute atomic E-state index is 12.8. The summed E-state index contributed by atoms with van der Waals surface area (Å²) in [5.74, 6) is -0.835. The number of hydrazine groups is 1. The largest absolute Gasteiger partial charge is 0.417 e. The number of H-pyrrole nitrogens is 1. The van der Waals surface area contributed by atoms with Gasteiger partial charge in [0.15, 0.2) is 0 Å². The van der Waals surface area contributed by atoms with Crippen molar-refractivity contribution in [1.82, 2.24) is 15.2 Å². The number of carbonyl (C=O) groups excluding carboxylic acids is 1. The van der Waals surface area contributed by atoms with Crippen molar-refractivity contribution in [1.29, 1.82) is 0 Å². The second-order valence-electron chi connectivity index (χ2n) is 4.14. The van der Waals surface area contributed by atoms with Gasteiger partial charge in [-0.2, -0.15) is 13.2 Å². The van der Waals surface area contributed by atoms with Crippen molar-refractivity contribution < 1.29 is 26.4 Å². The monoisotopic (exact) mass is 333 g/mol. The van der Waals surface area contributed by atoms with E-state index >= 15 is 0 Å². The van der Waals surface area contributed by atoms with E-state index in [1.54, 1.807) is 4.83 Å². The van der Waals surface area contributed by atoms with Crippen molar-refractivity contribution in [2.45, 2.75) is 11.1 Å². The van der Waals surface area contributed by atoms with Crippen molar-refractivity contribution in [3.05, 3.63) is 53.9 Å². The van der Waals surface area contributed by atoms with Crippen LogP contribution in [0.2, 0.25) is 0 Å². The molecule has 0 aliphatic heterocycles. The minimum atomic E-state index is -4.84. The number of halogens is 3. The zero-order chi connectivity index (χ0) is 16.4. The van der Waals surface area contributed by atoms with E-state index in [4.69, 9.17) is 0 Å². The van der Waals surface area contributed by atoms with Crippen LogP contribution in [0, 0.1) is 0 Å². The van der Waals surface area contributed by atoms with Crippen LogP contribution in [0.4, 0.5) is 13.2 Å². The second kappa shape index (κ2) is 5.81. The molecule has 0 radical (unpaired) electrons. The van der Waals surface area contributed by atoms with Gasteiger partial charge < -0.3 is 4.98 Å². The number of nitrogens with one attached hydrogen (secondary N) is 3. The van der Waals surface area contributed by atoms with E-state index in [0.717, 1.165) is 18.2 Å². The molecular formula is C12H10F3N3O3S. The molecule has 0 saturated heterocycles. The summed E-state index contributed by atoms with van der Waals surface area (Å²) in [4.78, 5) is 14.7. The molecule has 118 valence electrons. The Labute approximate surface area is 123 Å². The second-order valence-corrected chi connectivity index (χ2v) is 5.79. The van der Waals surface area contributed by atoms with Gasteiger partial charge in [-0.1, -0.05) is 12.1 Å². The lowest BCUT2D eigenvalue weighted by Crippen LogP contribution is -2.42. The van der Waals surface area contributed by atoms with Crippen LogP contribution >= 0.6 is 0 Å². The molecule has 1 heterocycles. The number of benzene rings is 1. The fraction of sp³-hybridized carbons (Fsp3) is 0.0833. The molecule has 1 aromatic heterocycles. The molecule has 0 aliphatic rings. The molecule has 1 aromatic carbocycles. The van der Waals surface area contributed by atoms with Gasteiger partial charge in [-0.3, -0.25) is 10.2 Å². The quantitative estimate of drug-likeness (QED) is 0.743. The first kappa shape index (κ1) is 16.0. The van der Waals surface area contributed by atoms with Crippen LogP contribution in [0.15, 0.2) is 47.5 Å². The smallest absolute Gasteiger partial charge is 0.357 e. The lowest BCUT2D eigenvalue weighted by Gasteiger charge is -2.13. The molecule has 0 unspecified atom stereocenters. The fourth-order valence-corrected chi connectivity index (χ4v) is 2.71. The van der Waals surface area contributed by atoms with Gasteiger partial charge >= 0.3 is 6.18 Å². The molecule has 2 aromatic rings. The van der Waals surface area contributed by atoms with Crippen LogP contribution in [0.3, 0.4) is 0 Å². The van der Waals surface area contributed by atoms with E-state index in [1.165, 1.54) is 18.3 Å². The van der Waals surface area contributed by atoms with Crippen LogP contribution in [0.5, 0.6) is 0 Å². The number of alkyl halides is 3. The third-order valence-electron chi connectivity index (χ3n) is 2.62. The number of sulfonamides is 1. The number of amides is 1. The van der Waals surface area contributed by atoms with Crippen LogP contribution in [0.25, 0.3) is 0 Å². The number of hydrogen-bond acceptors (Lipinski definition) is 3. The van der Waals surface area contributed by atoms with Gasteiger partial charge in [-0.15, -0.1) is 4.83 Å². The topological polar surface area (TPSA) is 91.1 Å². The Hall–Kier alpha value is -2.33. The number of hydrogen-bond donors (Lipinski definition) is 3. The maximum atomic E-state index is 12.8. The third-order valence-corrected chi connectivity index (χ3v) is 3.93. The Morgan fingerprint density at radius 3 is 2.36 bits per heavy atom. The highest BCUT2D eigenvalue weighted by Crippen LogP contribution is 2.33. The highest BCUT2D eigenvalue weighted by Gasteiger charge is 2.36. The number of aromatic amines is 1. The van der Waals surface area contributed by atoms with Gasteiger partial charge in [0.05, 0.1) is 10.5 Å². The first-order chi connectivity index (χ1) is 10.2. The van der Waals surface area contributed by atoms with Gasteiger partial charge in [0.2, 0.25) is 0 Å². The molecule has 6 nitrogen and oxygen atoms in total. The lowest BCUT2D eigenvalue weighted by molar-refractivity contribution is -0.139. The summed E-state index contributed by atoms with van der Waals surface area (Å²) in [7, 11) is -4.58. The van der Waals surface area contributed by atoms with Crippen molar-refractivity contribution in [3.63, 3.8) is 0 Å². The van der Waals surface area contributed by atoms with E-state index < -0.39 is 32.6 Å². The normalized spacial score (nSPS) is 12.1. The summed E-state index contributed by atoms with van der Waals surface area (Å²) in [5, 5.41) is 0. The fourth-order valence-electron chi connectivity index (χ4n) is 1.64. The van der Waals surface area contributed by atoms with Gasteiger partial charge in [-0.05, 0) is 24.3 Å². The van der Waals surface area contributed by atoms with Crippen LogP contribution in [0.1, 0.15) is 16.1 Å². The number of carbonyl (C=O) groups is 1. The third kappa shape index (κ3) is 3.46. The van der Waals surface area contributed by atoms with E-state index in [9.17, 15) is 26.4 Å². The van der Waals surface area contributed by atoms with E-state index in [2.05, 4.69) is 4.98 Å². The molecule has 0 fully saturated rings. The summed E-state index contributed by atoms with van der Waals surface area (Å²) in [6, 6.07) is 6.53. The molecule has 0 atom stereocenters. The predicted octanol–water partition coefficient (Wildman–Crippen LogP) is 1.66. The Bertz CT molecular complexity index is 770. The van der Waals surface area contributed by atoms with Crippen LogP contribution in [-0.4, -0.2) is 19.3 Å². The molecular weight excluding hydrogens is 323 g/mol. The summed E-state index contributed by atoms with van der Waals surface area (Å²) < 4.78 is 62.3. The van der Waals surface area contributed by atoms with Gasteiger partial charge in [0, 0.05) is 6.20 Å². The maximum Gasteiger partial charge on any atom is 0.417 e. The molecule has 1 amide bonds. The Kier molecular flexibility index (Phi) is 4.24. The first-order valence-electron chi connectivity index (χ1n) is 5.83. The van der Waals surface area contributed by atoms with E-state index in [1.807, 2.05) is 5.43 Å². The molecule has 0 bridgehead atoms. The average Bonchev–Trinajstić information content (AvgIpc) is 2.98. The van der Waals surface area contributed by atoms with Crippen molar-refractivity contribution in [2.75, 3.05) is 0 Å². The predicted molar refractivity (Wildman–Crippen MR) is 70.0 cm³/mol. The zero-order valence-electron chi connectivity index (χ0n) is 10.8. The summed E-state index contributed by atoms with van der Waals surface area (Å²) in [6.45, 7) is 0. The van der Waals surface area contributed by atoms with E-state index in [-0.39, 0.29) is 5.69 Å².